The maximum atomic E-state index is 12.8. The van der Waals surface area contributed by atoms with Crippen molar-refractivity contribution >= 4 is 28.5 Å². The Bertz CT molecular complexity index is 896. The third-order valence-electron chi connectivity index (χ3n) is 3.76. The largest absolute Gasteiger partial charge is 0.481 e. The van der Waals surface area contributed by atoms with Gasteiger partial charge in [-0.3, -0.25) is 14.2 Å². The lowest BCUT2D eigenvalue weighted by Crippen LogP contribution is -2.11. The molecule has 23 heavy (non-hydrogen) atoms. The van der Waals surface area contributed by atoms with Crippen molar-refractivity contribution in [2.75, 3.05) is 5.73 Å². The number of carbonyl (C=O) groups excluding carboxylic acids is 1. The molecule has 116 valence electrons. The SMILES string of the molecule is Nc1cccc(C(=O)n2cc(CCC(=O)O)c3ccccc32)c1. The lowest BCUT2D eigenvalue weighted by molar-refractivity contribution is -0.136. The van der Waals surface area contributed by atoms with Gasteiger partial charge in [0.2, 0.25) is 0 Å². The van der Waals surface area contributed by atoms with E-state index in [1.54, 1.807) is 35.0 Å². The van der Waals surface area contributed by atoms with Crippen molar-refractivity contribution in [2.24, 2.45) is 0 Å². The van der Waals surface area contributed by atoms with E-state index in [0.29, 0.717) is 17.7 Å². The number of carbonyl (C=O) groups is 2. The molecule has 0 aliphatic carbocycles. The van der Waals surface area contributed by atoms with Crippen LogP contribution >= 0.6 is 0 Å². The number of aryl methyl sites for hydroxylation is 1. The minimum absolute atomic E-state index is 0.0283. The Morgan fingerprint density at radius 3 is 2.61 bits per heavy atom. The molecule has 2 aromatic carbocycles. The zero-order valence-electron chi connectivity index (χ0n) is 12.4. The fourth-order valence-corrected chi connectivity index (χ4v) is 2.67. The van der Waals surface area contributed by atoms with Gasteiger partial charge in [-0.05, 0) is 36.2 Å². The van der Waals surface area contributed by atoms with E-state index in [0.717, 1.165) is 16.5 Å². The van der Waals surface area contributed by atoms with E-state index in [4.69, 9.17) is 10.8 Å². The lowest BCUT2D eigenvalue weighted by Gasteiger charge is -2.04. The molecule has 3 aromatic rings. The van der Waals surface area contributed by atoms with Crippen LogP contribution < -0.4 is 5.73 Å². The molecule has 0 aliphatic rings. The molecule has 0 amide bonds. The van der Waals surface area contributed by atoms with Gasteiger partial charge < -0.3 is 10.8 Å². The van der Waals surface area contributed by atoms with Crippen LogP contribution in [0.4, 0.5) is 5.69 Å². The summed E-state index contributed by atoms with van der Waals surface area (Å²) in [6.45, 7) is 0. The van der Waals surface area contributed by atoms with Crippen LogP contribution in [0.3, 0.4) is 0 Å². The van der Waals surface area contributed by atoms with Crippen molar-refractivity contribution in [3.8, 4) is 0 Å². The van der Waals surface area contributed by atoms with E-state index in [1.807, 2.05) is 24.3 Å². The highest BCUT2D eigenvalue weighted by molar-refractivity contribution is 6.03. The number of nitrogens with two attached hydrogens (primary N) is 1. The van der Waals surface area contributed by atoms with Crippen molar-refractivity contribution in [2.45, 2.75) is 12.8 Å². The van der Waals surface area contributed by atoms with E-state index in [1.165, 1.54) is 0 Å². The van der Waals surface area contributed by atoms with Gasteiger partial charge in [0.15, 0.2) is 0 Å². The van der Waals surface area contributed by atoms with E-state index >= 15 is 0 Å². The summed E-state index contributed by atoms with van der Waals surface area (Å²) in [5.41, 5.74) is 8.38. The first-order chi connectivity index (χ1) is 11.1. The van der Waals surface area contributed by atoms with E-state index in [2.05, 4.69) is 0 Å². The number of nitrogen functional groups attached to an aromatic ring is 1. The molecule has 1 heterocycles. The summed E-state index contributed by atoms with van der Waals surface area (Å²) in [4.78, 5) is 23.6. The van der Waals surface area contributed by atoms with Crippen LogP contribution in [0.5, 0.6) is 0 Å². The van der Waals surface area contributed by atoms with Gasteiger partial charge in [0.05, 0.1) is 5.52 Å². The summed E-state index contributed by atoms with van der Waals surface area (Å²) >= 11 is 0. The molecule has 0 atom stereocenters. The highest BCUT2D eigenvalue weighted by atomic mass is 16.4. The first-order valence-electron chi connectivity index (χ1n) is 7.27. The number of carboxylic acid groups (broad SMARTS) is 1. The Hall–Kier alpha value is -3.08. The van der Waals surface area contributed by atoms with E-state index in [-0.39, 0.29) is 12.3 Å². The average Bonchev–Trinajstić information content (AvgIpc) is 2.91. The molecule has 5 nitrogen and oxygen atoms in total. The van der Waals surface area contributed by atoms with Gasteiger partial charge in [0, 0.05) is 29.3 Å². The second-order valence-electron chi connectivity index (χ2n) is 5.37. The predicted molar refractivity (Wildman–Crippen MR) is 88.5 cm³/mol. The number of anilines is 1. The maximum absolute atomic E-state index is 12.8. The Morgan fingerprint density at radius 1 is 1.09 bits per heavy atom. The second-order valence-corrected chi connectivity index (χ2v) is 5.37. The molecule has 0 fully saturated rings. The first kappa shape index (κ1) is 14.8. The third-order valence-corrected chi connectivity index (χ3v) is 3.76. The summed E-state index contributed by atoms with van der Waals surface area (Å²) in [6.07, 6.45) is 2.13. The smallest absolute Gasteiger partial charge is 0.303 e. The number of aliphatic carboxylic acids is 1. The number of nitrogens with zero attached hydrogens (tertiary/aromatic N) is 1. The summed E-state index contributed by atoms with van der Waals surface area (Å²) in [5, 5.41) is 9.78. The highest BCUT2D eigenvalue weighted by Gasteiger charge is 2.15. The van der Waals surface area contributed by atoms with Crippen LogP contribution in [0.25, 0.3) is 10.9 Å². The van der Waals surface area contributed by atoms with Gasteiger partial charge in [-0.25, -0.2) is 0 Å². The average molecular weight is 308 g/mol. The number of fused-ring (bicyclic) bond motifs is 1. The fourth-order valence-electron chi connectivity index (χ4n) is 2.67. The standard InChI is InChI=1S/C18H16N2O3/c19-14-5-3-4-12(10-14)18(23)20-11-13(8-9-17(21)22)15-6-1-2-7-16(15)20/h1-7,10-11H,8-9,19H2,(H,21,22). The predicted octanol–water partition coefficient (Wildman–Crippen LogP) is 2.93. The summed E-state index contributed by atoms with van der Waals surface area (Å²) in [7, 11) is 0. The number of benzene rings is 2. The van der Waals surface area contributed by atoms with Gasteiger partial charge >= 0.3 is 5.97 Å². The summed E-state index contributed by atoms with van der Waals surface area (Å²) < 4.78 is 1.56. The van der Waals surface area contributed by atoms with Gasteiger partial charge in [-0.2, -0.15) is 0 Å². The lowest BCUT2D eigenvalue weighted by atomic mass is 10.1. The Morgan fingerprint density at radius 2 is 1.87 bits per heavy atom. The van der Waals surface area contributed by atoms with Crippen LogP contribution in [0.1, 0.15) is 22.3 Å². The molecule has 1 aromatic heterocycles. The number of para-hydroxylation sites is 1. The van der Waals surface area contributed by atoms with Crippen LogP contribution in [-0.2, 0) is 11.2 Å². The number of carboxylic acids is 1. The van der Waals surface area contributed by atoms with Gasteiger partial charge in [-0.1, -0.05) is 24.3 Å². The van der Waals surface area contributed by atoms with Crippen LogP contribution in [-0.4, -0.2) is 21.6 Å². The molecule has 0 saturated carbocycles. The van der Waals surface area contributed by atoms with Crippen molar-refractivity contribution < 1.29 is 14.7 Å². The van der Waals surface area contributed by atoms with Crippen LogP contribution in [0.2, 0.25) is 0 Å². The molecule has 5 heteroatoms. The van der Waals surface area contributed by atoms with E-state index < -0.39 is 5.97 Å². The Labute approximate surface area is 133 Å². The number of hydrogen-bond donors (Lipinski definition) is 2. The van der Waals surface area contributed by atoms with Gasteiger partial charge in [-0.15, -0.1) is 0 Å². The van der Waals surface area contributed by atoms with E-state index in [9.17, 15) is 9.59 Å². The number of aromatic nitrogens is 1. The minimum Gasteiger partial charge on any atom is -0.481 e. The van der Waals surface area contributed by atoms with Crippen molar-refractivity contribution in [3.63, 3.8) is 0 Å². The molecule has 0 spiro atoms. The molecule has 0 bridgehead atoms. The van der Waals surface area contributed by atoms with Gasteiger partial charge in [0.1, 0.15) is 0 Å². The molecule has 0 radical (unpaired) electrons. The molecule has 0 aliphatic heterocycles. The van der Waals surface area contributed by atoms with Gasteiger partial charge in [0.25, 0.3) is 5.91 Å². The summed E-state index contributed by atoms with van der Waals surface area (Å²) in [6, 6.07) is 14.3. The second kappa shape index (κ2) is 5.96. The fraction of sp³-hybridized carbons (Fsp3) is 0.111. The van der Waals surface area contributed by atoms with Crippen LogP contribution in [0, 0.1) is 0 Å². The third kappa shape index (κ3) is 2.94. The van der Waals surface area contributed by atoms with Crippen molar-refractivity contribution in [3.05, 3.63) is 65.9 Å². The topological polar surface area (TPSA) is 85.3 Å². The minimum atomic E-state index is -0.857. The molecular weight excluding hydrogens is 292 g/mol. The molecule has 0 unspecified atom stereocenters. The normalized spacial score (nSPS) is 10.8. The number of rotatable bonds is 4. The zero-order valence-corrected chi connectivity index (χ0v) is 12.4. The molecule has 3 rings (SSSR count). The van der Waals surface area contributed by atoms with Crippen molar-refractivity contribution in [1.29, 1.82) is 0 Å². The monoisotopic (exact) mass is 308 g/mol. The van der Waals surface area contributed by atoms with Crippen LogP contribution in [0.15, 0.2) is 54.7 Å². The Kier molecular flexibility index (Phi) is 3.85. The molecular formula is C18H16N2O3. The molecule has 0 saturated heterocycles. The summed E-state index contributed by atoms with van der Waals surface area (Å²) in [5.74, 6) is -1.04. The van der Waals surface area contributed by atoms with Crippen molar-refractivity contribution in [1.82, 2.24) is 4.57 Å². The highest BCUT2D eigenvalue weighted by Crippen LogP contribution is 2.24. The Balaban J connectivity index is 2.07. The molecule has 3 N–H and O–H groups in total. The number of hydrogen-bond acceptors (Lipinski definition) is 3. The zero-order chi connectivity index (χ0) is 16.4. The quantitative estimate of drug-likeness (QED) is 0.726. The maximum Gasteiger partial charge on any atom is 0.303 e. The first-order valence-corrected chi connectivity index (χ1v) is 7.27.